The molecular formula is C35H48N2O5. The number of nitrogens with one attached hydrogen (secondary N) is 1. The van der Waals surface area contributed by atoms with Crippen LogP contribution in [0.2, 0.25) is 0 Å². The molecule has 4 fully saturated rings. The number of nitrogens with zero attached hydrogens (tertiary/aromatic N) is 1. The number of alkyl carbamates (subject to hydrolysis) is 1. The highest BCUT2D eigenvalue weighted by Crippen LogP contribution is 2.53. The highest BCUT2D eigenvalue weighted by molar-refractivity contribution is 5.96. The van der Waals surface area contributed by atoms with Crippen molar-refractivity contribution >= 4 is 17.7 Å². The van der Waals surface area contributed by atoms with E-state index >= 15 is 0 Å². The summed E-state index contributed by atoms with van der Waals surface area (Å²) in [6.07, 6.45) is 6.05. The van der Waals surface area contributed by atoms with E-state index in [2.05, 4.69) is 17.4 Å². The van der Waals surface area contributed by atoms with Crippen molar-refractivity contribution in [1.82, 2.24) is 5.32 Å². The Morgan fingerprint density at radius 1 is 0.929 bits per heavy atom. The zero-order valence-electron chi connectivity index (χ0n) is 26.1. The molecule has 6 rings (SSSR count). The molecule has 3 N–H and O–H groups in total. The summed E-state index contributed by atoms with van der Waals surface area (Å²) < 4.78 is 5.56. The first-order valence-electron chi connectivity index (χ1n) is 15.5. The number of hydrogen-bond donors (Lipinski definition) is 3. The van der Waals surface area contributed by atoms with Crippen LogP contribution in [0, 0.1) is 11.3 Å². The summed E-state index contributed by atoms with van der Waals surface area (Å²) >= 11 is 0. The number of anilines is 1. The van der Waals surface area contributed by atoms with Crippen LogP contribution >= 0.6 is 0 Å². The van der Waals surface area contributed by atoms with Gasteiger partial charge in [-0.25, -0.2) is 4.79 Å². The van der Waals surface area contributed by atoms with Crippen molar-refractivity contribution in [2.24, 2.45) is 11.3 Å². The second kappa shape index (κ2) is 10.7. The molecular weight excluding hydrogens is 528 g/mol. The normalized spacial score (nSPS) is 29.0. The van der Waals surface area contributed by atoms with Crippen LogP contribution in [-0.4, -0.2) is 45.5 Å². The van der Waals surface area contributed by atoms with Gasteiger partial charge in [-0.2, -0.15) is 0 Å². The lowest BCUT2D eigenvalue weighted by Crippen LogP contribution is -2.60. The van der Waals surface area contributed by atoms with Crippen molar-refractivity contribution < 1.29 is 24.5 Å². The van der Waals surface area contributed by atoms with E-state index in [9.17, 15) is 19.8 Å². The van der Waals surface area contributed by atoms with Crippen molar-refractivity contribution in [3.05, 3.63) is 54.1 Å². The molecule has 2 amide bonds. The maximum atomic E-state index is 14.0. The minimum absolute atomic E-state index is 0.0103. The van der Waals surface area contributed by atoms with Crippen molar-refractivity contribution in [2.45, 2.75) is 115 Å². The lowest BCUT2D eigenvalue weighted by Gasteiger charge is -2.55. The molecule has 4 aliphatic rings. The molecule has 2 aromatic carbocycles. The van der Waals surface area contributed by atoms with Crippen LogP contribution in [0.25, 0.3) is 11.1 Å². The molecule has 7 heteroatoms. The Balaban J connectivity index is 1.36. The Hall–Kier alpha value is -2.90. The van der Waals surface area contributed by atoms with Gasteiger partial charge < -0.3 is 25.2 Å². The van der Waals surface area contributed by atoms with Crippen molar-refractivity contribution in [2.75, 3.05) is 11.4 Å². The summed E-state index contributed by atoms with van der Waals surface area (Å²) in [4.78, 5) is 28.6. The molecule has 0 saturated heterocycles. The van der Waals surface area contributed by atoms with Crippen LogP contribution in [0.15, 0.2) is 48.5 Å². The molecule has 0 radical (unpaired) electrons. The van der Waals surface area contributed by atoms with E-state index in [1.807, 2.05) is 62.1 Å². The lowest BCUT2D eigenvalue weighted by atomic mass is 9.57. The smallest absolute Gasteiger partial charge is 0.408 e. The van der Waals surface area contributed by atoms with E-state index in [0.29, 0.717) is 19.4 Å². The van der Waals surface area contributed by atoms with Crippen LogP contribution in [-0.2, 0) is 15.1 Å². The minimum Gasteiger partial charge on any atom is -0.444 e. The van der Waals surface area contributed by atoms with Gasteiger partial charge in [0.2, 0.25) is 5.91 Å². The van der Waals surface area contributed by atoms with E-state index in [0.717, 1.165) is 60.9 Å². The average Bonchev–Trinajstić information content (AvgIpc) is 2.89. The quantitative estimate of drug-likeness (QED) is 0.341. The lowest BCUT2D eigenvalue weighted by molar-refractivity contribution is -0.137. The fourth-order valence-electron chi connectivity index (χ4n) is 7.16. The van der Waals surface area contributed by atoms with E-state index in [1.165, 1.54) is 0 Å². The molecule has 0 heterocycles. The molecule has 2 bridgehead atoms. The third kappa shape index (κ3) is 6.68. The Bertz CT molecular complexity index is 1290. The predicted molar refractivity (Wildman–Crippen MR) is 165 cm³/mol. The van der Waals surface area contributed by atoms with Gasteiger partial charge in [-0.1, -0.05) is 36.4 Å². The highest BCUT2D eigenvalue weighted by Gasteiger charge is 2.52. The number of hydrogen-bond acceptors (Lipinski definition) is 5. The van der Waals surface area contributed by atoms with E-state index in [1.54, 1.807) is 20.8 Å². The van der Waals surface area contributed by atoms with Crippen molar-refractivity contribution in [3.8, 4) is 11.1 Å². The van der Waals surface area contributed by atoms with E-state index < -0.39 is 16.8 Å². The number of rotatable bonds is 7. The van der Waals surface area contributed by atoms with Gasteiger partial charge in [-0.05, 0) is 127 Å². The second-order valence-corrected chi connectivity index (χ2v) is 15.1. The van der Waals surface area contributed by atoms with Crippen LogP contribution in [0.5, 0.6) is 0 Å². The summed E-state index contributed by atoms with van der Waals surface area (Å²) in [7, 11) is 0. The molecule has 0 unspecified atom stereocenters. The Morgan fingerprint density at radius 2 is 1.52 bits per heavy atom. The fraction of sp³-hybridized carbons (Fsp3) is 0.600. The first kappa shape index (κ1) is 30.6. The maximum absolute atomic E-state index is 14.0. The molecule has 0 aromatic heterocycles. The van der Waals surface area contributed by atoms with Gasteiger partial charge in [0.15, 0.2) is 0 Å². The number of carbonyl (C=O) groups is 2. The predicted octanol–water partition coefficient (Wildman–Crippen LogP) is 6.69. The largest absolute Gasteiger partial charge is 0.444 e. The average molecular weight is 577 g/mol. The number of fused-ring (bicyclic) bond motifs is 3. The molecule has 2 aromatic rings. The molecule has 0 aliphatic heterocycles. The first-order valence-corrected chi connectivity index (χ1v) is 15.5. The van der Waals surface area contributed by atoms with Gasteiger partial charge >= 0.3 is 6.09 Å². The van der Waals surface area contributed by atoms with Gasteiger partial charge in [-0.15, -0.1) is 0 Å². The van der Waals surface area contributed by atoms with Crippen LogP contribution in [0.4, 0.5) is 10.5 Å². The first-order chi connectivity index (χ1) is 19.5. The Labute approximate surface area is 250 Å². The number of carbonyl (C=O) groups excluding carboxylic acids is 2. The van der Waals surface area contributed by atoms with Gasteiger partial charge in [0.25, 0.3) is 0 Å². The molecule has 228 valence electrons. The standard InChI is InChI=1S/C35H48N2O5/c1-31(2,3)42-30(39)36-35-17-14-34(15-18-35,16-19-35)23-37(29(38)26-21-33(6,41)22-26)28-9-7-8-25(20-28)24-10-12-27(13-11-24)32(4,5)40/h7-13,20,26,40-41H,14-19,21-23H2,1-6H3,(H,36,39)/t26-,33+,34?,35?. The second-order valence-electron chi connectivity index (χ2n) is 15.1. The van der Waals surface area contributed by atoms with Crippen LogP contribution in [0.1, 0.15) is 98.5 Å². The van der Waals surface area contributed by atoms with Gasteiger partial charge in [0.1, 0.15) is 5.60 Å². The van der Waals surface area contributed by atoms with Crippen molar-refractivity contribution in [3.63, 3.8) is 0 Å². The van der Waals surface area contributed by atoms with Crippen LogP contribution in [0.3, 0.4) is 0 Å². The molecule has 4 saturated carbocycles. The zero-order valence-corrected chi connectivity index (χ0v) is 26.1. The van der Waals surface area contributed by atoms with Gasteiger partial charge in [-0.3, -0.25) is 4.79 Å². The summed E-state index contributed by atoms with van der Waals surface area (Å²) in [5.74, 6) is -0.106. The summed E-state index contributed by atoms with van der Waals surface area (Å²) in [5, 5.41) is 24.0. The Morgan fingerprint density at radius 3 is 2.05 bits per heavy atom. The van der Waals surface area contributed by atoms with Crippen LogP contribution < -0.4 is 10.2 Å². The summed E-state index contributed by atoms with van der Waals surface area (Å²) in [5.41, 5.74) is 1.29. The molecule has 42 heavy (non-hydrogen) atoms. The zero-order chi connectivity index (χ0) is 30.6. The summed E-state index contributed by atoms with van der Waals surface area (Å²) in [6.45, 7) is 11.6. The monoisotopic (exact) mass is 576 g/mol. The third-order valence-electron chi connectivity index (χ3n) is 9.73. The number of ether oxygens (including phenoxy) is 1. The van der Waals surface area contributed by atoms with Gasteiger partial charge in [0, 0.05) is 23.7 Å². The topological polar surface area (TPSA) is 99.1 Å². The van der Waals surface area contributed by atoms with E-state index in [-0.39, 0.29) is 28.9 Å². The van der Waals surface area contributed by atoms with E-state index in [4.69, 9.17) is 4.74 Å². The molecule has 0 atom stereocenters. The number of aliphatic hydroxyl groups is 2. The highest BCUT2D eigenvalue weighted by atomic mass is 16.6. The minimum atomic E-state index is -0.910. The summed E-state index contributed by atoms with van der Waals surface area (Å²) in [6, 6.07) is 16.1. The fourth-order valence-corrected chi connectivity index (χ4v) is 7.16. The van der Waals surface area contributed by atoms with Gasteiger partial charge in [0.05, 0.1) is 11.2 Å². The SMILES string of the molecule is CC(C)(C)OC(=O)NC12CCC(CN(c3cccc(-c4ccc(C(C)(C)O)cc4)c3)C(=O)[C@H]3C[C@@](C)(O)C3)(CC1)CC2. The maximum Gasteiger partial charge on any atom is 0.408 e. The molecule has 4 aliphatic carbocycles. The molecule has 0 spiro atoms. The third-order valence-corrected chi connectivity index (χ3v) is 9.73. The number of amides is 2. The Kier molecular flexibility index (Phi) is 7.76. The molecule has 7 nitrogen and oxygen atoms in total. The van der Waals surface area contributed by atoms with Crippen molar-refractivity contribution in [1.29, 1.82) is 0 Å². The number of benzene rings is 2.